The third-order valence-corrected chi connectivity index (χ3v) is 4.52. The van der Waals surface area contributed by atoms with Crippen LogP contribution in [0.1, 0.15) is 11.5 Å². The maximum atomic E-state index is 5.25. The first-order valence-corrected chi connectivity index (χ1v) is 8.67. The number of pyridine rings is 1. The predicted octanol–water partition coefficient (Wildman–Crippen LogP) is 4.18. The zero-order valence-corrected chi connectivity index (χ0v) is 14.3. The fraction of sp³-hybridized carbons (Fsp3) is 0.111. The summed E-state index contributed by atoms with van der Waals surface area (Å²) in [7, 11) is 0. The average molecular weight is 349 g/mol. The van der Waals surface area contributed by atoms with E-state index in [1.807, 2.05) is 30.3 Å². The Hall–Kier alpha value is -3.06. The number of nitrogens with zero attached hydrogens (tertiary/aromatic N) is 4. The fourth-order valence-electron chi connectivity index (χ4n) is 2.40. The van der Waals surface area contributed by atoms with E-state index >= 15 is 0 Å². The van der Waals surface area contributed by atoms with Crippen molar-refractivity contribution in [3.8, 4) is 22.0 Å². The van der Waals surface area contributed by atoms with E-state index in [1.54, 1.807) is 24.5 Å². The number of thiazole rings is 1. The maximum absolute atomic E-state index is 5.25. The van der Waals surface area contributed by atoms with Crippen molar-refractivity contribution in [2.75, 3.05) is 5.32 Å². The quantitative estimate of drug-likeness (QED) is 0.582. The first-order valence-electron chi connectivity index (χ1n) is 7.79. The van der Waals surface area contributed by atoms with Gasteiger partial charge in [0, 0.05) is 17.1 Å². The minimum absolute atomic E-state index is 0.455. The summed E-state index contributed by atoms with van der Waals surface area (Å²) in [6.07, 6.45) is 1.73. The van der Waals surface area contributed by atoms with Crippen LogP contribution >= 0.6 is 11.3 Å². The molecule has 0 saturated carbocycles. The number of hydrogen-bond donors (Lipinski definition) is 1. The van der Waals surface area contributed by atoms with Crippen LogP contribution in [0.2, 0.25) is 0 Å². The number of hydrogen-bond acceptors (Lipinski definition) is 7. The van der Waals surface area contributed by atoms with E-state index in [0.717, 1.165) is 21.8 Å². The number of anilines is 1. The molecule has 3 heterocycles. The van der Waals surface area contributed by atoms with Crippen LogP contribution in [0.5, 0.6) is 0 Å². The summed E-state index contributed by atoms with van der Waals surface area (Å²) in [5.74, 6) is 1.74. The fourth-order valence-corrected chi connectivity index (χ4v) is 3.23. The Morgan fingerprint density at radius 3 is 2.76 bits per heavy atom. The predicted molar refractivity (Wildman–Crippen MR) is 97.1 cm³/mol. The standard InChI is InChI=1S/C18H15N5OS/c1-12-21-17(24-23-12)15-8-5-9-19-16(15)20-10-14-11-25-18(22-14)13-6-3-2-4-7-13/h2-9,11H,10H2,1H3,(H,19,20). The van der Waals surface area contributed by atoms with E-state index in [0.29, 0.717) is 24.1 Å². The van der Waals surface area contributed by atoms with Gasteiger partial charge < -0.3 is 9.84 Å². The van der Waals surface area contributed by atoms with Crippen molar-refractivity contribution >= 4 is 17.2 Å². The molecule has 0 saturated heterocycles. The third-order valence-electron chi connectivity index (χ3n) is 3.58. The van der Waals surface area contributed by atoms with Gasteiger partial charge in [0.1, 0.15) is 10.8 Å². The largest absolute Gasteiger partial charge is 0.364 e. The molecule has 0 unspecified atom stereocenters. The highest BCUT2D eigenvalue weighted by Crippen LogP contribution is 2.26. The lowest BCUT2D eigenvalue weighted by Crippen LogP contribution is -2.03. The lowest BCUT2D eigenvalue weighted by Gasteiger charge is -2.06. The van der Waals surface area contributed by atoms with Gasteiger partial charge in [-0.05, 0) is 19.1 Å². The van der Waals surface area contributed by atoms with Gasteiger partial charge >= 0.3 is 0 Å². The zero-order chi connectivity index (χ0) is 17.1. The van der Waals surface area contributed by atoms with Gasteiger partial charge in [0.25, 0.3) is 5.89 Å². The number of aromatic nitrogens is 4. The molecule has 1 aromatic carbocycles. The summed E-state index contributed by atoms with van der Waals surface area (Å²) in [5, 5.41) is 10.2. The summed E-state index contributed by atoms with van der Waals surface area (Å²) in [6.45, 7) is 2.36. The monoisotopic (exact) mass is 349 g/mol. The lowest BCUT2D eigenvalue weighted by atomic mass is 10.2. The summed E-state index contributed by atoms with van der Waals surface area (Å²) < 4.78 is 5.25. The second kappa shape index (κ2) is 6.82. The second-order valence-electron chi connectivity index (χ2n) is 5.41. The average Bonchev–Trinajstić information content (AvgIpc) is 3.30. The number of benzene rings is 1. The molecule has 7 heteroatoms. The van der Waals surface area contributed by atoms with Gasteiger partial charge in [-0.2, -0.15) is 4.98 Å². The molecule has 0 amide bonds. The first-order chi connectivity index (χ1) is 12.3. The molecule has 124 valence electrons. The van der Waals surface area contributed by atoms with E-state index in [2.05, 4.69) is 42.9 Å². The SMILES string of the molecule is Cc1noc(-c2cccnc2NCc2csc(-c3ccccc3)n2)n1. The number of aryl methyl sites for hydroxylation is 1. The molecule has 6 nitrogen and oxygen atoms in total. The van der Waals surface area contributed by atoms with Gasteiger partial charge in [0.15, 0.2) is 5.82 Å². The molecule has 4 aromatic rings. The van der Waals surface area contributed by atoms with Crippen molar-refractivity contribution in [2.45, 2.75) is 13.5 Å². The Morgan fingerprint density at radius 1 is 1.08 bits per heavy atom. The van der Waals surface area contributed by atoms with Gasteiger partial charge in [-0.1, -0.05) is 35.5 Å². The van der Waals surface area contributed by atoms with Crippen LogP contribution in [0, 0.1) is 6.92 Å². The minimum atomic E-state index is 0.455. The molecule has 0 aliphatic rings. The molecule has 4 rings (SSSR count). The molecule has 0 atom stereocenters. The molecule has 3 aromatic heterocycles. The van der Waals surface area contributed by atoms with Gasteiger partial charge in [0.05, 0.1) is 17.8 Å². The molecule has 0 spiro atoms. The van der Waals surface area contributed by atoms with Gasteiger partial charge in [-0.15, -0.1) is 11.3 Å². The Bertz CT molecular complexity index is 980. The van der Waals surface area contributed by atoms with Crippen LogP contribution in [0.15, 0.2) is 58.6 Å². The van der Waals surface area contributed by atoms with Crippen LogP contribution < -0.4 is 5.32 Å². The van der Waals surface area contributed by atoms with Gasteiger partial charge in [-0.3, -0.25) is 0 Å². The van der Waals surface area contributed by atoms with E-state index in [1.165, 1.54) is 0 Å². The van der Waals surface area contributed by atoms with E-state index in [9.17, 15) is 0 Å². The molecular weight excluding hydrogens is 334 g/mol. The van der Waals surface area contributed by atoms with Crippen LogP contribution in [0.3, 0.4) is 0 Å². The molecule has 0 fully saturated rings. The van der Waals surface area contributed by atoms with Gasteiger partial charge in [-0.25, -0.2) is 9.97 Å². The van der Waals surface area contributed by atoms with Crippen molar-refractivity contribution in [2.24, 2.45) is 0 Å². The molecule has 1 N–H and O–H groups in total. The number of nitrogens with one attached hydrogen (secondary N) is 1. The normalized spacial score (nSPS) is 10.8. The molecular formula is C18H15N5OS. The van der Waals surface area contributed by atoms with Crippen LogP contribution in [0.25, 0.3) is 22.0 Å². The third kappa shape index (κ3) is 3.41. The summed E-state index contributed by atoms with van der Waals surface area (Å²) >= 11 is 1.63. The van der Waals surface area contributed by atoms with E-state index in [-0.39, 0.29) is 0 Å². The minimum Gasteiger partial charge on any atom is -0.364 e. The van der Waals surface area contributed by atoms with E-state index < -0.39 is 0 Å². The van der Waals surface area contributed by atoms with Crippen LogP contribution in [-0.4, -0.2) is 20.1 Å². The van der Waals surface area contributed by atoms with Crippen molar-refractivity contribution in [3.05, 3.63) is 65.6 Å². The van der Waals surface area contributed by atoms with Crippen molar-refractivity contribution in [1.82, 2.24) is 20.1 Å². The van der Waals surface area contributed by atoms with Gasteiger partial charge in [0.2, 0.25) is 0 Å². The topological polar surface area (TPSA) is 76.7 Å². The van der Waals surface area contributed by atoms with E-state index in [4.69, 9.17) is 4.52 Å². The highest BCUT2D eigenvalue weighted by Gasteiger charge is 2.13. The van der Waals surface area contributed by atoms with Crippen LogP contribution in [-0.2, 0) is 6.54 Å². The highest BCUT2D eigenvalue weighted by molar-refractivity contribution is 7.13. The summed E-state index contributed by atoms with van der Waals surface area (Å²) in [4.78, 5) is 13.3. The smallest absolute Gasteiger partial charge is 0.261 e. The van der Waals surface area contributed by atoms with Crippen LogP contribution in [0.4, 0.5) is 5.82 Å². The highest BCUT2D eigenvalue weighted by atomic mass is 32.1. The Morgan fingerprint density at radius 2 is 1.96 bits per heavy atom. The first kappa shape index (κ1) is 15.5. The Kier molecular flexibility index (Phi) is 4.22. The summed E-state index contributed by atoms with van der Waals surface area (Å²) in [6, 6.07) is 13.9. The zero-order valence-electron chi connectivity index (χ0n) is 13.5. The number of rotatable bonds is 5. The van der Waals surface area contributed by atoms with Crippen molar-refractivity contribution < 1.29 is 4.52 Å². The molecule has 0 aliphatic heterocycles. The second-order valence-corrected chi connectivity index (χ2v) is 6.27. The Labute approximate surface area is 148 Å². The summed E-state index contributed by atoms with van der Waals surface area (Å²) in [5.41, 5.74) is 2.86. The van der Waals surface area contributed by atoms with Crippen molar-refractivity contribution in [1.29, 1.82) is 0 Å². The Balaban J connectivity index is 1.52. The molecule has 0 aliphatic carbocycles. The maximum Gasteiger partial charge on any atom is 0.261 e. The molecule has 0 bridgehead atoms. The lowest BCUT2D eigenvalue weighted by molar-refractivity contribution is 0.425. The molecule has 0 radical (unpaired) electrons. The van der Waals surface area contributed by atoms with Crippen molar-refractivity contribution in [3.63, 3.8) is 0 Å². The molecule has 25 heavy (non-hydrogen) atoms.